The Bertz CT molecular complexity index is 649. The third-order valence-corrected chi connectivity index (χ3v) is 4.40. The van der Waals surface area contributed by atoms with Crippen molar-refractivity contribution in [3.8, 4) is 11.1 Å². The Labute approximate surface area is 136 Å². The summed E-state index contributed by atoms with van der Waals surface area (Å²) in [5.41, 5.74) is 8.84. The Kier molecular flexibility index (Phi) is 4.74. The van der Waals surface area contributed by atoms with E-state index in [0.29, 0.717) is 5.56 Å². The van der Waals surface area contributed by atoms with Gasteiger partial charge in [-0.2, -0.15) is 0 Å². The summed E-state index contributed by atoms with van der Waals surface area (Å²) >= 11 is 0. The number of hydrogen-bond donors (Lipinski definition) is 2. The minimum atomic E-state index is -0.979. The lowest BCUT2D eigenvalue weighted by Gasteiger charge is -2.24. The van der Waals surface area contributed by atoms with Crippen molar-refractivity contribution in [1.82, 2.24) is 4.90 Å². The van der Waals surface area contributed by atoms with Crippen LogP contribution in [0, 0.1) is 0 Å². The first kappa shape index (κ1) is 15.7. The Hall–Kier alpha value is -2.17. The van der Waals surface area contributed by atoms with Gasteiger partial charge in [0.05, 0.1) is 0 Å². The van der Waals surface area contributed by atoms with E-state index in [1.165, 1.54) is 0 Å². The van der Waals surface area contributed by atoms with Crippen molar-refractivity contribution < 1.29 is 9.90 Å². The van der Waals surface area contributed by atoms with Crippen molar-refractivity contribution in [3.05, 3.63) is 60.2 Å². The minimum absolute atomic E-state index is 0.165. The van der Waals surface area contributed by atoms with Crippen LogP contribution in [0.15, 0.2) is 54.6 Å². The van der Waals surface area contributed by atoms with Crippen LogP contribution in [0.2, 0.25) is 0 Å². The second kappa shape index (κ2) is 6.94. The zero-order valence-corrected chi connectivity index (χ0v) is 13.1. The number of aliphatic hydroxyl groups is 1. The highest BCUT2D eigenvalue weighted by Crippen LogP contribution is 2.24. The van der Waals surface area contributed by atoms with Crippen LogP contribution < -0.4 is 5.73 Å². The van der Waals surface area contributed by atoms with E-state index in [9.17, 15) is 9.90 Å². The molecule has 1 amide bonds. The first-order valence-electron chi connectivity index (χ1n) is 8.04. The Balaban J connectivity index is 1.72. The van der Waals surface area contributed by atoms with Gasteiger partial charge in [-0.25, -0.2) is 0 Å². The van der Waals surface area contributed by atoms with Gasteiger partial charge in [-0.3, -0.25) is 4.79 Å². The number of amides is 1. The quantitative estimate of drug-likeness (QED) is 0.911. The summed E-state index contributed by atoms with van der Waals surface area (Å²) in [6.45, 7) is 1.48. The number of nitrogens with two attached hydrogens (primary N) is 1. The van der Waals surface area contributed by atoms with Crippen LogP contribution in [-0.2, 0) is 4.79 Å². The monoisotopic (exact) mass is 310 g/mol. The molecule has 0 aliphatic carbocycles. The van der Waals surface area contributed by atoms with Gasteiger partial charge < -0.3 is 15.7 Å². The third-order valence-electron chi connectivity index (χ3n) is 4.40. The first-order valence-corrected chi connectivity index (χ1v) is 8.04. The Morgan fingerprint density at radius 1 is 0.957 bits per heavy atom. The van der Waals surface area contributed by atoms with Crippen molar-refractivity contribution in [2.75, 3.05) is 13.1 Å². The molecule has 0 aromatic heterocycles. The molecule has 23 heavy (non-hydrogen) atoms. The number of rotatable bonds is 4. The van der Waals surface area contributed by atoms with Gasteiger partial charge in [0, 0.05) is 13.1 Å². The van der Waals surface area contributed by atoms with E-state index in [-0.39, 0.29) is 5.91 Å². The molecule has 1 aliphatic heterocycles. The highest BCUT2D eigenvalue weighted by atomic mass is 16.3. The number of likely N-dealkylation sites (tertiary alicyclic amines) is 1. The standard InChI is InChI=1S/C19H22N2O2/c20-17(19(23)21-12-4-5-13-21)18(22)16-10-8-15(9-11-16)14-6-2-1-3-7-14/h1-3,6-11,17-18,22H,4-5,12-13,20H2/t17-,18-/m1/s1. The largest absolute Gasteiger partial charge is 0.386 e. The van der Waals surface area contributed by atoms with Crippen molar-refractivity contribution in [1.29, 1.82) is 0 Å². The molecule has 2 atom stereocenters. The molecule has 0 radical (unpaired) electrons. The number of nitrogens with zero attached hydrogens (tertiary/aromatic N) is 1. The fourth-order valence-corrected chi connectivity index (χ4v) is 2.99. The van der Waals surface area contributed by atoms with Crippen LogP contribution in [0.3, 0.4) is 0 Å². The predicted octanol–water partition coefficient (Wildman–Crippen LogP) is 2.34. The van der Waals surface area contributed by atoms with Crippen molar-refractivity contribution in [3.63, 3.8) is 0 Å². The van der Waals surface area contributed by atoms with Gasteiger partial charge in [0.1, 0.15) is 12.1 Å². The molecule has 1 fully saturated rings. The molecule has 1 saturated heterocycles. The van der Waals surface area contributed by atoms with Crippen molar-refractivity contribution in [2.45, 2.75) is 25.0 Å². The molecule has 1 heterocycles. The molecule has 3 N–H and O–H groups in total. The van der Waals surface area contributed by atoms with E-state index in [4.69, 9.17) is 5.73 Å². The normalized spacial score (nSPS) is 17.0. The lowest BCUT2D eigenvalue weighted by Crippen LogP contribution is -2.45. The molecule has 4 heteroatoms. The highest BCUT2D eigenvalue weighted by molar-refractivity contribution is 5.82. The molecule has 4 nitrogen and oxygen atoms in total. The zero-order valence-electron chi connectivity index (χ0n) is 13.1. The Morgan fingerprint density at radius 2 is 1.52 bits per heavy atom. The minimum Gasteiger partial charge on any atom is -0.386 e. The van der Waals surface area contributed by atoms with Gasteiger partial charge in [-0.1, -0.05) is 54.6 Å². The van der Waals surface area contributed by atoms with Crippen LogP contribution in [0.1, 0.15) is 24.5 Å². The maximum atomic E-state index is 12.3. The number of benzene rings is 2. The van der Waals surface area contributed by atoms with Crippen molar-refractivity contribution in [2.24, 2.45) is 5.73 Å². The molecule has 1 aliphatic rings. The van der Waals surface area contributed by atoms with Gasteiger partial charge in [-0.05, 0) is 29.5 Å². The second-order valence-corrected chi connectivity index (χ2v) is 5.99. The summed E-state index contributed by atoms with van der Waals surface area (Å²) in [5, 5.41) is 10.4. The summed E-state index contributed by atoms with van der Waals surface area (Å²) in [6.07, 6.45) is 1.05. The van der Waals surface area contributed by atoms with Gasteiger partial charge in [0.2, 0.25) is 5.91 Å². The number of carbonyl (C=O) groups excluding carboxylic acids is 1. The second-order valence-electron chi connectivity index (χ2n) is 5.99. The van der Waals surface area contributed by atoms with E-state index >= 15 is 0 Å². The molecule has 0 spiro atoms. The van der Waals surface area contributed by atoms with E-state index in [2.05, 4.69) is 0 Å². The molecular weight excluding hydrogens is 288 g/mol. The molecule has 0 saturated carbocycles. The summed E-state index contributed by atoms with van der Waals surface area (Å²) < 4.78 is 0. The van der Waals surface area contributed by atoms with Crippen LogP contribution >= 0.6 is 0 Å². The van der Waals surface area contributed by atoms with Gasteiger partial charge in [-0.15, -0.1) is 0 Å². The summed E-state index contributed by atoms with van der Waals surface area (Å²) in [4.78, 5) is 14.0. The van der Waals surface area contributed by atoms with Gasteiger partial charge >= 0.3 is 0 Å². The van der Waals surface area contributed by atoms with Crippen LogP contribution in [-0.4, -0.2) is 35.0 Å². The maximum Gasteiger partial charge on any atom is 0.242 e. The van der Waals surface area contributed by atoms with E-state index in [1.807, 2.05) is 54.6 Å². The number of hydrogen-bond acceptors (Lipinski definition) is 3. The zero-order chi connectivity index (χ0) is 16.2. The van der Waals surface area contributed by atoms with Gasteiger partial charge in [0.15, 0.2) is 0 Å². The smallest absolute Gasteiger partial charge is 0.242 e. The lowest BCUT2D eigenvalue weighted by atomic mass is 9.98. The summed E-state index contributed by atoms with van der Waals surface area (Å²) in [5.74, 6) is -0.165. The van der Waals surface area contributed by atoms with E-state index < -0.39 is 12.1 Å². The molecule has 3 rings (SSSR count). The fraction of sp³-hybridized carbons (Fsp3) is 0.316. The van der Waals surface area contributed by atoms with E-state index in [0.717, 1.165) is 37.1 Å². The SMILES string of the molecule is N[C@@H](C(=O)N1CCCC1)[C@H](O)c1ccc(-c2ccccc2)cc1. The lowest BCUT2D eigenvalue weighted by molar-refractivity contribution is -0.134. The molecule has 0 bridgehead atoms. The Morgan fingerprint density at radius 3 is 2.13 bits per heavy atom. The highest BCUT2D eigenvalue weighted by Gasteiger charge is 2.29. The molecule has 120 valence electrons. The van der Waals surface area contributed by atoms with Crippen LogP contribution in [0.4, 0.5) is 0 Å². The summed E-state index contributed by atoms with van der Waals surface area (Å²) in [7, 11) is 0. The maximum absolute atomic E-state index is 12.3. The average molecular weight is 310 g/mol. The van der Waals surface area contributed by atoms with Crippen molar-refractivity contribution >= 4 is 5.91 Å². The number of aliphatic hydroxyl groups excluding tert-OH is 1. The number of carbonyl (C=O) groups is 1. The summed E-state index contributed by atoms with van der Waals surface area (Å²) in [6, 6.07) is 16.7. The molecular formula is C19H22N2O2. The predicted molar refractivity (Wildman–Crippen MR) is 90.6 cm³/mol. The first-order chi connectivity index (χ1) is 11.2. The topological polar surface area (TPSA) is 66.6 Å². The van der Waals surface area contributed by atoms with Gasteiger partial charge in [0.25, 0.3) is 0 Å². The fourth-order valence-electron chi connectivity index (χ4n) is 2.99. The van der Waals surface area contributed by atoms with Crippen LogP contribution in [0.25, 0.3) is 11.1 Å². The average Bonchev–Trinajstić information content (AvgIpc) is 3.15. The molecule has 2 aromatic rings. The van der Waals surface area contributed by atoms with Crippen LogP contribution in [0.5, 0.6) is 0 Å². The van der Waals surface area contributed by atoms with E-state index in [1.54, 1.807) is 4.90 Å². The molecule has 2 aromatic carbocycles. The third kappa shape index (κ3) is 3.44. The molecule has 0 unspecified atom stereocenters.